The fourth-order valence-electron chi connectivity index (χ4n) is 3.42. The van der Waals surface area contributed by atoms with E-state index in [0.717, 1.165) is 12.1 Å². The molecular formula is C23H15ClF3N3O2. The highest BCUT2D eigenvalue weighted by Crippen LogP contribution is 2.28. The molecule has 0 unspecified atom stereocenters. The predicted molar refractivity (Wildman–Crippen MR) is 115 cm³/mol. The van der Waals surface area contributed by atoms with Gasteiger partial charge in [0.05, 0.1) is 17.6 Å². The first-order valence-corrected chi connectivity index (χ1v) is 9.82. The number of aryl methyl sites for hydroxylation is 1. The SMILES string of the molecule is Cc1ccncc1C(=O)N(Cc1c(F)c(=O)[nH]c2c(F)c(F)ccc12)c1cccc(Cl)c1. The minimum absolute atomic E-state index is 0.0660. The number of fused-ring (bicyclic) bond motifs is 1. The van der Waals surface area contributed by atoms with Crippen molar-refractivity contribution in [3.8, 4) is 0 Å². The number of rotatable bonds is 4. The van der Waals surface area contributed by atoms with Gasteiger partial charge in [0, 0.05) is 34.1 Å². The van der Waals surface area contributed by atoms with Crippen molar-refractivity contribution in [2.24, 2.45) is 0 Å². The van der Waals surface area contributed by atoms with Gasteiger partial charge in [-0.15, -0.1) is 0 Å². The molecule has 0 aliphatic rings. The third-order valence-electron chi connectivity index (χ3n) is 5.07. The van der Waals surface area contributed by atoms with Crippen LogP contribution in [0.2, 0.25) is 5.02 Å². The Balaban J connectivity index is 1.93. The highest BCUT2D eigenvalue weighted by Gasteiger charge is 2.25. The maximum absolute atomic E-state index is 14.9. The van der Waals surface area contributed by atoms with Crippen molar-refractivity contribution in [1.29, 1.82) is 0 Å². The Labute approximate surface area is 185 Å². The maximum Gasteiger partial charge on any atom is 0.284 e. The standard InChI is InChI=1S/C23H15ClF3N3O2/c1-12-7-8-28-10-16(12)23(32)30(14-4-2-3-13(24)9-14)11-17-15-5-6-18(25)20(27)21(15)29-22(31)19(17)26/h2-10H,11H2,1H3,(H,29,31). The van der Waals surface area contributed by atoms with Gasteiger partial charge < -0.3 is 9.88 Å². The van der Waals surface area contributed by atoms with Crippen molar-refractivity contribution >= 4 is 34.1 Å². The number of H-pyrrole nitrogens is 1. The first-order chi connectivity index (χ1) is 15.3. The number of benzene rings is 2. The molecule has 4 rings (SSSR count). The molecule has 5 nitrogen and oxygen atoms in total. The lowest BCUT2D eigenvalue weighted by molar-refractivity contribution is 0.0984. The Morgan fingerprint density at radius 3 is 2.62 bits per heavy atom. The number of aromatic nitrogens is 2. The first kappa shape index (κ1) is 21.6. The van der Waals surface area contributed by atoms with Crippen LogP contribution in [0.3, 0.4) is 0 Å². The summed E-state index contributed by atoms with van der Waals surface area (Å²) in [5.74, 6) is -4.25. The van der Waals surface area contributed by atoms with Crippen LogP contribution in [0, 0.1) is 24.4 Å². The molecule has 0 aliphatic carbocycles. The third kappa shape index (κ3) is 3.85. The molecule has 0 aliphatic heterocycles. The molecule has 9 heteroatoms. The third-order valence-corrected chi connectivity index (χ3v) is 5.31. The van der Waals surface area contributed by atoms with E-state index in [-0.39, 0.29) is 16.5 Å². The average molecular weight is 458 g/mol. The molecule has 0 radical (unpaired) electrons. The van der Waals surface area contributed by atoms with E-state index < -0.39 is 41.0 Å². The number of carbonyl (C=O) groups is 1. The van der Waals surface area contributed by atoms with Gasteiger partial charge in [0.2, 0.25) is 0 Å². The summed E-state index contributed by atoms with van der Waals surface area (Å²) in [5, 5.41) is 0.260. The van der Waals surface area contributed by atoms with Gasteiger partial charge in [0.25, 0.3) is 11.5 Å². The zero-order valence-electron chi connectivity index (χ0n) is 16.6. The lowest BCUT2D eigenvalue weighted by Gasteiger charge is -2.25. The number of hydrogen-bond acceptors (Lipinski definition) is 3. The Hall–Kier alpha value is -3.65. The van der Waals surface area contributed by atoms with Gasteiger partial charge in [-0.1, -0.05) is 17.7 Å². The molecule has 2 aromatic carbocycles. The minimum atomic E-state index is -1.32. The van der Waals surface area contributed by atoms with E-state index in [1.54, 1.807) is 31.2 Å². The fourth-order valence-corrected chi connectivity index (χ4v) is 3.60. The van der Waals surface area contributed by atoms with Crippen LogP contribution in [0.4, 0.5) is 18.9 Å². The molecule has 162 valence electrons. The number of nitrogens with zero attached hydrogens (tertiary/aromatic N) is 2. The largest absolute Gasteiger partial charge is 0.317 e. The smallest absolute Gasteiger partial charge is 0.284 e. The molecule has 0 bridgehead atoms. The second kappa shape index (κ2) is 8.47. The molecule has 0 atom stereocenters. The van der Waals surface area contributed by atoms with Crippen molar-refractivity contribution in [1.82, 2.24) is 9.97 Å². The Morgan fingerprint density at radius 1 is 1.12 bits per heavy atom. The lowest BCUT2D eigenvalue weighted by Crippen LogP contribution is -2.32. The zero-order chi connectivity index (χ0) is 23.0. The van der Waals surface area contributed by atoms with Crippen molar-refractivity contribution in [2.45, 2.75) is 13.5 Å². The first-order valence-electron chi connectivity index (χ1n) is 9.44. The van der Waals surface area contributed by atoms with Crippen molar-refractivity contribution < 1.29 is 18.0 Å². The van der Waals surface area contributed by atoms with Gasteiger partial charge in [-0.3, -0.25) is 14.6 Å². The van der Waals surface area contributed by atoms with Crippen LogP contribution in [0.5, 0.6) is 0 Å². The number of amides is 1. The van der Waals surface area contributed by atoms with Gasteiger partial charge in [-0.25, -0.2) is 13.2 Å². The molecule has 32 heavy (non-hydrogen) atoms. The number of pyridine rings is 2. The Bertz CT molecular complexity index is 1420. The number of carbonyl (C=O) groups excluding carboxylic acids is 1. The summed E-state index contributed by atoms with van der Waals surface area (Å²) >= 11 is 6.09. The number of aromatic amines is 1. The molecule has 2 heterocycles. The van der Waals surface area contributed by atoms with Crippen molar-refractivity contribution in [3.63, 3.8) is 0 Å². The van der Waals surface area contributed by atoms with Crippen LogP contribution in [-0.2, 0) is 6.54 Å². The molecular weight excluding hydrogens is 443 g/mol. The highest BCUT2D eigenvalue weighted by atomic mass is 35.5. The molecule has 0 saturated heterocycles. The van der Waals surface area contributed by atoms with E-state index in [1.165, 1.54) is 23.4 Å². The minimum Gasteiger partial charge on any atom is -0.317 e. The Kier molecular flexibility index (Phi) is 5.71. The summed E-state index contributed by atoms with van der Waals surface area (Å²) in [7, 11) is 0. The van der Waals surface area contributed by atoms with Gasteiger partial charge in [-0.05, 0) is 48.9 Å². The highest BCUT2D eigenvalue weighted by molar-refractivity contribution is 6.31. The zero-order valence-corrected chi connectivity index (χ0v) is 17.4. The second-order valence-corrected chi connectivity index (χ2v) is 7.53. The van der Waals surface area contributed by atoms with E-state index >= 15 is 0 Å². The molecule has 2 aromatic heterocycles. The molecule has 1 N–H and O–H groups in total. The maximum atomic E-state index is 14.9. The Morgan fingerprint density at radius 2 is 1.91 bits per heavy atom. The van der Waals surface area contributed by atoms with Crippen LogP contribution in [-0.4, -0.2) is 15.9 Å². The van der Waals surface area contributed by atoms with E-state index in [9.17, 15) is 22.8 Å². The van der Waals surface area contributed by atoms with Gasteiger partial charge in [0.15, 0.2) is 17.5 Å². The number of halogens is 4. The number of nitrogens with one attached hydrogen (secondary N) is 1. The second-order valence-electron chi connectivity index (χ2n) is 7.09. The summed E-state index contributed by atoms with van der Waals surface area (Å²) in [6, 6.07) is 9.92. The quantitative estimate of drug-likeness (QED) is 0.461. The molecule has 4 aromatic rings. The molecule has 1 amide bonds. The van der Waals surface area contributed by atoms with Crippen LogP contribution in [0.1, 0.15) is 21.5 Å². The summed E-state index contributed by atoms with van der Waals surface area (Å²) in [6.45, 7) is 1.28. The molecule has 0 fully saturated rings. The van der Waals surface area contributed by atoms with Crippen LogP contribution in [0.15, 0.2) is 59.7 Å². The van der Waals surface area contributed by atoms with Crippen molar-refractivity contribution in [2.75, 3.05) is 4.90 Å². The summed E-state index contributed by atoms with van der Waals surface area (Å²) in [4.78, 5) is 32.8. The van der Waals surface area contributed by atoms with Gasteiger partial charge >= 0.3 is 0 Å². The normalized spacial score (nSPS) is 11.0. The van der Waals surface area contributed by atoms with Crippen molar-refractivity contribution in [3.05, 3.63) is 104 Å². The summed E-state index contributed by atoms with van der Waals surface area (Å²) < 4.78 is 42.9. The monoisotopic (exact) mass is 457 g/mol. The fraction of sp³-hybridized carbons (Fsp3) is 0.0870. The van der Waals surface area contributed by atoms with E-state index in [0.29, 0.717) is 16.3 Å². The van der Waals surface area contributed by atoms with Gasteiger partial charge in [0.1, 0.15) is 0 Å². The van der Waals surface area contributed by atoms with E-state index in [1.807, 2.05) is 4.98 Å². The van der Waals surface area contributed by atoms with Crippen LogP contribution >= 0.6 is 11.6 Å². The van der Waals surface area contributed by atoms with E-state index in [2.05, 4.69) is 4.98 Å². The topological polar surface area (TPSA) is 66.1 Å². The summed E-state index contributed by atoms with van der Waals surface area (Å²) in [5.41, 5.74) is -0.783. The molecule has 0 spiro atoms. The van der Waals surface area contributed by atoms with Gasteiger partial charge in [-0.2, -0.15) is 0 Å². The predicted octanol–water partition coefficient (Wildman–Crippen LogP) is 5.15. The number of hydrogen-bond donors (Lipinski definition) is 1. The molecule has 0 saturated carbocycles. The summed E-state index contributed by atoms with van der Waals surface area (Å²) in [6.07, 6.45) is 2.90. The average Bonchev–Trinajstić information content (AvgIpc) is 2.77. The number of anilines is 1. The van der Waals surface area contributed by atoms with E-state index in [4.69, 9.17) is 11.6 Å². The van der Waals surface area contributed by atoms with Crippen LogP contribution < -0.4 is 10.5 Å². The lowest BCUT2D eigenvalue weighted by atomic mass is 10.1. The van der Waals surface area contributed by atoms with Crippen LogP contribution in [0.25, 0.3) is 10.9 Å².